The van der Waals surface area contributed by atoms with Crippen LogP contribution in [0.5, 0.6) is 0 Å². The Kier molecular flexibility index (Phi) is 4.39. The van der Waals surface area contributed by atoms with Gasteiger partial charge < -0.3 is 20.4 Å². The van der Waals surface area contributed by atoms with Crippen LogP contribution >= 0.6 is 11.8 Å². The summed E-state index contributed by atoms with van der Waals surface area (Å²) in [5.74, 6) is -1.18. The minimum Gasteiger partial charge on any atom is -0.480 e. The van der Waals surface area contributed by atoms with Crippen molar-refractivity contribution in [1.29, 1.82) is 0 Å². The maximum atomic E-state index is 10.5. The van der Waals surface area contributed by atoms with Crippen molar-refractivity contribution in [3.8, 4) is 0 Å². The van der Waals surface area contributed by atoms with E-state index in [2.05, 4.69) is 0 Å². The van der Waals surface area contributed by atoms with Gasteiger partial charge in [-0.2, -0.15) is 11.8 Å². The van der Waals surface area contributed by atoms with Crippen molar-refractivity contribution in [2.24, 2.45) is 5.73 Å². The minimum absolute atomic E-state index is 0.127. The molecule has 7 heteroatoms. The van der Waals surface area contributed by atoms with Crippen LogP contribution < -0.4 is 5.73 Å². The van der Waals surface area contributed by atoms with Gasteiger partial charge in [0.2, 0.25) is 5.76 Å². The SMILES string of the molecule is N[C@@H](CSCc1ccc(C(=O)O)o1)C(=O)O. The molecule has 1 rings (SSSR count). The molecule has 0 aliphatic carbocycles. The number of furan rings is 1. The van der Waals surface area contributed by atoms with Gasteiger partial charge in [0.15, 0.2) is 0 Å². The molecule has 1 aromatic heterocycles. The van der Waals surface area contributed by atoms with Gasteiger partial charge in [-0.1, -0.05) is 0 Å². The van der Waals surface area contributed by atoms with Gasteiger partial charge in [-0.05, 0) is 12.1 Å². The van der Waals surface area contributed by atoms with Crippen molar-refractivity contribution in [3.05, 3.63) is 23.7 Å². The topological polar surface area (TPSA) is 114 Å². The van der Waals surface area contributed by atoms with Crippen molar-refractivity contribution in [2.45, 2.75) is 11.8 Å². The maximum Gasteiger partial charge on any atom is 0.371 e. The van der Waals surface area contributed by atoms with E-state index < -0.39 is 18.0 Å². The van der Waals surface area contributed by atoms with Crippen LogP contribution in [-0.2, 0) is 10.5 Å². The predicted octanol–water partition coefficient (Wildman–Crippen LogP) is 0.623. The number of hydrogen-bond acceptors (Lipinski definition) is 5. The second-order valence-electron chi connectivity index (χ2n) is 3.03. The lowest BCUT2D eigenvalue weighted by Gasteiger charge is -2.03. The molecule has 0 aromatic carbocycles. The number of carbonyl (C=O) groups is 2. The Hall–Kier alpha value is -1.47. The van der Waals surface area contributed by atoms with Gasteiger partial charge in [0, 0.05) is 5.75 Å². The summed E-state index contributed by atoms with van der Waals surface area (Å²) in [6.45, 7) is 0. The van der Waals surface area contributed by atoms with Crippen LogP contribution in [0.15, 0.2) is 16.5 Å². The highest BCUT2D eigenvalue weighted by molar-refractivity contribution is 7.98. The van der Waals surface area contributed by atoms with E-state index in [9.17, 15) is 9.59 Å². The van der Waals surface area contributed by atoms with Crippen molar-refractivity contribution in [3.63, 3.8) is 0 Å². The fourth-order valence-electron chi connectivity index (χ4n) is 0.928. The van der Waals surface area contributed by atoms with E-state index in [4.69, 9.17) is 20.4 Å². The number of thioether (sulfide) groups is 1. The molecular formula is C9H11NO5S. The number of nitrogens with two attached hydrogens (primary N) is 1. The molecule has 0 saturated heterocycles. The zero-order valence-corrected chi connectivity index (χ0v) is 9.07. The molecule has 0 spiro atoms. The molecule has 0 radical (unpaired) electrons. The molecular weight excluding hydrogens is 234 g/mol. The quantitative estimate of drug-likeness (QED) is 0.673. The van der Waals surface area contributed by atoms with Crippen molar-refractivity contribution in [1.82, 2.24) is 0 Å². The van der Waals surface area contributed by atoms with Crippen LogP contribution in [-0.4, -0.2) is 33.9 Å². The average molecular weight is 245 g/mol. The highest BCUT2D eigenvalue weighted by Gasteiger charge is 2.12. The van der Waals surface area contributed by atoms with E-state index in [1.54, 1.807) is 6.07 Å². The van der Waals surface area contributed by atoms with Gasteiger partial charge in [0.1, 0.15) is 11.8 Å². The van der Waals surface area contributed by atoms with E-state index in [0.29, 0.717) is 11.5 Å². The van der Waals surface area contributed by atoms with Gasteiger partial charge in [0.25, 0.3) is 0 Å². The Labute approximate surface area is 95.4 Å². The zero-order chi connectivity index (χ0) is 12.1. The molecule has 16 heavy (non-hydrogen) atoms. The van der Waals surface area contributed by atoms with Gasteiger partial charge in [-0.15, -0.1) is 0 Å². The third-order valence-electron chi connectivity index (χ3n) is 1.73. The first-order valence-electron chi connectivity index (χ1n) is 4.39. The molecule has 0 aliphatic rings. The summed E-state index contributed by atoms with van der Waals surface area (Å²) in [5.41, 5.74) is 5.29. The molecule has 6 nitrogen and oxygen atoms in total. The molecule has 1 heterocycles. The Balaban J connectivity index is 2.37. The van der Waals surface area contributed by atoms with Gasteiger partial charge in [-0.3, -0.25) is 4.79 Å². The third-order valence-corrected chi connectivity index (χ3v) is 2.81. The second-order valence-corrected chi connectivity index (χ2v) is 4.06. The Bertz CT molecular complexity index is 389. The number of carboxylic acid groups (broad SMARTS) is 2. The first-order valence-corrected chi connectivity index (χ1v) is 5.54. The highest BCUT2D eigenvalue weighted by Crippen LogP contribution is 2.15. The predicted molar refractivity (Wildman–Crippen MR) is 57.4 cm³/mol. The van der Waals surface area contributed by atoms with Gasteiger partial charge in [-0.25, -0.2) is 4.79 Å². The Morgan fingerprint density at radius 1 is 1.44 bits per heavy atom. The first-order chi connectivity index (χ1) is 7.50. The Morgan fingerprint density at radius 3 is 2.62 bits per heavy atom. The summed E-state index contributed by atoms with van der Waals surface area (Å²) in [7, 11) is 0. The van der Waals surface area contributed by atoms with Crippen molar-refractivity contribution < 1.29 is 24.2 Å². The van der Waals surface area contributed by atoms with Crippen molar-refractivity contribution in [2.75, 3.05) is 5.75 Å². The molecule has 4 N–H and O–H groups in total. The molecule has 1 aromatic rings. The van der Waals surface area contributed by atoms with E-state index in [-0.39, 0.29) is 11.5 Å². The van der Waals surface area contributed by atoms with Gasteiger partial charge in [0.05, 0.1) is 5.75 Å². The molecule has 88 valence electrons. The van der Waals surface area contributed by atoms with Crippen LogP contribution in [0.2, 0.25) is 0 Å². The van der Waals surface area contributed by atoms with Crippen LogP contribution in [0.25, 0.3) is 0 Å². The maximum absolute atomic E-state index is 10.5. The average Bonchev–Trinajstić information content (AvgIpc) is 2.66. The molecule has 0 aliphatic heterocycles. The van der Waals surface area contributed by atoms with Crippen LogP contribution in [0, 0.1) is 0 Å². The number of aliphatic carboxylic acids is 1. The van der Waals surface area contributed by atoms with E-state index in [0.717, 1.165) is 0 Å². The molecule has 0 amide bonds. The lowest BCUT2D eigenvalue weighted by atomic mass is 10.4. The lowest BCUT2D eigenvalue weighted by molar-refractivity contribution is -0.137. The number of hydrogen-bond donors (Lipinski definition) is 3. The monoisotopic (exact) mass is 245 g/mol. The summed E-state index contributed by atoms with van der Waals surface area (Å²) < 4.78 is 4.98. The standard InChI is InChI=1S/C9H11NO5S/c10-6(8(11)12)4-16-3-5-1-2-7(15-5)9(13)14/h1-2,6H,3-4,10H2,(H,11,12)(H,13,14)/t6-/m0/s1. The molecule has 1 atom stereocenters. The summed E-state index contributed by atoms with van der Waals surface area (Å²) in [5, 5.41) is 17.1. The smallest absolute Gasteiger partial charge is 0.371 e. The third kappa shape index (κ3) is 3.59. The number of carboxylic acids is 2. The van der Waals surface area contributed by atoms with E-state index >= 15 is 0 Å². The van der Waals surface area contributed by atoms with Crippen molar-refractivity contribution >= 4 is 23.7 Å². The van der Waals surface area contributed by atoms with Gasteiger partial charge >= 0.3 is 11.9 Å². The second kappa shape index (κ2) is 5.57. The largest absolute Gasteiger partial charge is 0.480 e. The van der Waals surface area contributed by atoms with E-state index in [1.165, 1.54) is 17.8 Å². The lowest BCUT2D eigenvalue weighted by Crippen LogP contribution is -2.32. The molecule has 0 bridgehead atoms. The minimum atomic E-state index is -1.13. The fraction of sp³-hybridized carbons (Fsp3) is 0.333. The summed E-state index contributed by atoms with van der Waals surface area (Å²) in [4.78, 5) is 20.9. The molecule has 0 unspecified atom stereocenters. The number of rotatable bonds is 6. The summed E-state index contributed by atoms with van der Waals surface area (Å²) in [6.07, 6.45) is 0. The van der Waals surface area contributed by atoms with Crippen LogP contribution in [0.3, 0.4) is 0 Å². The summed E-state index contributed by atoms with van der Waals surface area (Å²) in [6, 6.07) is 1.98. The Morgan fingerprint density at radius 2 is 2.12 bits per heavy atom. The van der Waals surface area contributed by atoms with E-state index in [1.807, 2.05) is 0 Å². The first kappa shape index (κ1) is 12.6. The molecule has 0 saturated carbocycles. The summed E-state index contributed by atoms with van der Waals surface area (Å²) >= 11 is 1.28. The molecule has 0 fully saturated rings. The number of aromatic carboxylic acids is 1. The zero-order valence-electron chi connectivity index (χ0n) is 8.25. The highest BCUT2D eigenvalue weighted by atomic mass is 32.2. The van der Waals surface area contributed by atoms with Crippen LogP contribution in [0.1, 0.15) is 16.3 Å². The fourth-order valence-corrected chi connectivity index (χ4v) is 1.80. The van der Waals surface area contributed by atoms with Crippen LogP contribution in [0.4, 0.5) is 0 Å². The normalized spacial score (nSPS) is 12.3.